The van der Waals surface area contributed by atoms with Crippen molar-refractivity contribution in [2.45, 2.75) is 11.0 Å². The molecular formula is C8H7F3NS. The van der Waals surface area contributed by atoms with Gasteiger partial charge in [-0.2, -0.15) is 13.2 Å². The van der Waals surface area contributed by atoms with Crippen LogP contribution in [0.5, 0.6) is 0 Å². The molecule has 0 amide bonds. The lowest BCUT2D eigenvalue weighted by Crippen LogP contribution is -2.45. The maximum absolute atomic E-state index is 12.3. The average Bonchev–Trinajstić information content (AvgIpc) is 2.04. The van der Waals surface area contributed by atoms with E-state index < -0.39 is 11.0 Å². The van der Waals surface area contributed by atoms with E-state index in [2.05, 4.69) is 12.6 Å². The number of alkyl halides is 3. The highest BCUT2D eigenvalue weighted by atomic mass is 32.1. The maximum Gasteiger partial charge on any atom is 0.420 e. The molecule has 1 unspecified atom stereocenters. The Bertz CT molecular complexity index is 281. The molecule has 1 atom stereocenters. The lowest BCUT2D eigenvalue weighted by molar-refractivity contribution is -0.160. The lowest BCUT2D eigenvalue weighted by atomic mass is 10.1. The monoisotopic (exact) mass is 206 g/mol. The molecule has 0 aliphatic heterocycles. The van der Waals surface area contributed by atoms with Gasteiger partial charge in [0.25, 0.3) is 0 Å². The second-order valence-corrected chi connectivity index (χ2v) is 3.24. The zero-order valence-electron chi connectivity index (χ0n) is 6.51. The van der Waals surface area contributed by atoms with E-state index in [-0.39, 0.29) is 5.56 Å². The third-order valence-electron chi connectivity index (χ3n) is 1.62. The standard InChI is InChI=1S/C8H7F3NS/c9-8(10,11)7(12,13)6-4-2-1-3-5-6/h1-5H,12H2. The van der Waals surface area contributed by atoms with Crippen LogP contribution in [0.4, 0.5) is 13.2 Å². The van der Waals surface area contributed by atoms with E-state index in [1.54, 1.807) is 6.07 Å². The van der Waals surface area contributed by atoms with Crippen molar-refractivity contribution in [1.29, 1.82) is 0 Å². The second-order valence-electron chi connectivity index (χ2n) is 2.60. The van der Waals surface area contributed by atoms with Crippen LogP contribution in [0.15, 0.2) is 30.3 Å². The number of nitrogens with two attached hydrogens (primary N) is 1. The van der Waals surface area contributed by atoms with Crippen molar-refractivity contribution in [2.24, 2.45) is 5.73 Å². The number of rotatable bonds is 1. The Balaban J connectivity index is 3.08. The van der Waals surface area contributed by atoms with Crippen LogP contribution >= 0.6 is 12.6 Å². The maximum atomic E-state index is 12.3. The van der Waals surface area contributed by atoms with Gasteiger partial charge in [-0.05, 0) is 5.56 Å². The van der Waals surface area contributed by atoms with E-state index in [4.69, 9.17) is 5.73 Å². The van der Waals surface area contributed by atoms with E-state index in [9.17, 15) is 13.2 Å². The molecule has 0 saturated heterocycles. The van der Waals surface area contributed by atoms with Gasteiger partial charge in [0.1, 0.15) is 0 Å². The average molecular weight is 206 g/mol. The Morgan fingerprint density at radius 3 is 1.92 bits per heavy atom. The van der Waals surface area contributed by atoms with Crippen LogP contribution in [-0.4, -0.2) is 6.18 Å². The SMILES string of the molecule is NC([S])(c1ccccc1)C(F)(F)F. The summed E-state index contributed by atoms with van der Waals surface area (Å²) in [5.41, 5.74) is 4.89. The third-order valence-corrected chi connectivity index (χ3v) is 2.09. The van der Waals surface area contributed by atoms with Gasteiger partial charge < -0.3 is 5.73 Å². The van der Waals surface area contributed by atoms with E-state index in [1.807, 2.05) is 0 Å². The summed E-state index contributed by atoms with van der Waals surface area (Å²) in [7, 11) is 0. The molecule has 5 heteroatoms. The van der Waals surface area contributed by atoms with Crippen LogP contribution in [0.25, 0.3) is 0 Å². The summed E-state index contributed by atoms with van der Waals surface area (Å²) >= 11 is 4.30. The molecule has 13 heavy (non-hydrogen) atoms. The van der Waals surface area contributed by atoms with Crippen LogP contribution in [-0.2, 0) is 4.87 Å². The van der Waals surface area contributed by atoms with Crippen molar-refractivity contribution in [3.05, 3.63) is 35.9 Å². The summed E-state index contributed by atoms with van der Waals surface area (Å²) in [5.74, 6) is 0. The molecule has 1 rings (SSSR count). The van der Waals surface area contributed by atoms with Gasteiger partial charge >= 0.3 is 6.18 Å². The van der Waals surface area contributed by atoms with Gasteiger partial charge in [0.05, 0.1) is 0 Å². The first-order chi connectivity index (χ1) is 5.86. The van der Waals surface area contributed by atoms with Gasteiger partial charge in [-0.1, -0.05) is 43.0 Å². The molecule has 1 aromatic carbocycles. The summed E-state index contributed by atoms with van der Waals surface area (Å²) in [6.45, 7) is 0. The fourth-order valence-electron chi connectivity index (χ4n) is 0.849. The van der Waals surface area contributed by atoms with Crippen molar-refractivity contribution in [2.75, 3.05) is 0 Å². The molecule has 0 bridgehead atoms. The minimum atomic E-state index is -4.61. The van der Waals surface area contributed by atoms with Crippen LogP contribution < -0.4 is 5.73 Å². The molecule has 2 N–H and O–H groups in total. The summed E-state index contributed by atoms with van der Waals surface area (Å²) in [4.78, 5) is -2.69. The topological polar surface area (TPSA) is 26.0 Å². The quantitative estimate of drug-likeness (QED) is 0.750. The van der Waals surface area contributed by atoms with E-state index in [0.29, 0.717) is 0 Å². The van der Waals surface area contributed by atoms with Gasteiger partial charge in [0.2, 0.25) is 0 Å². The molecule has 0 spiro atoms. The van der Waals surface area contributed by atoms with Crippen molar-refractivity contribution in [3.63, 3.8) is 0 Å². The van der Waals surface area contributed by atoms with Crippen molar-refractivity contribution in [1.82, 2.24) is 0 Å². The molecular weight excluding hydrogens is 199 g/mol. The van der Waals surface area contributed by atoms with Crippen LogP contribution in [0.1, 0.15) is 5.56 Å². The second kappa shape index (κ2) is 3.23. The first kappa shape index (κ1) is 10.4. The number of hydrogen-bond acceptors (Lipinski definition) is 1. The first-order valence-electron chi connectivity index (χ1n) is 3.47. The molecule has 1 nitrogen and oxygen atoms in total. The van der Waals surface area contributed by atoms with E-state index in [1.165, 1.54) is 24.3 Å². The minimum Gasteiger partial charge on any atom is -0.305 e. The van der Waals surface area contributed by atoms with Crippen LogP contribution in [0, 0.1) is 0 Å². The normalized spacial score (nSPS) is 16.7. The van der Waals surface area contributed by atoms with Gasteiger partial charge in [0, 0.05) is 0 Å². The molecule has 0 fully saturated rings. The molecule has 0 aliphatic carbocycles. The largest absolute Gasteiger partial charge is 0.420 e. The van der Waals surface area contributed by atoms with Gasteiger partial charge in [-0.25, -0.2) is 0 Å². The fraction of sp³-hybridized carbons (Fsp3) is 0.250. The molecule has 0 heterocycles. The highest BCUT2D eigenvalue weighted by molar-refractivity contribution is 7.81. The zero-order valence-corrected chi connectivity index (χ0v) is 7.32. The highest BCUT2D eigenvalue weighted by Gasteiger charge is 2.51. The summed E-state index contributed by atoms with van der Waals surface area (Å²) < 4.78 is 36.9. The van der Waals surface area contributed by atoms with Gasteiger partial charge in [-0.15, -0.1) is 0 Å². The Morgan fingerprint density at radius 2 is 1.54 bits per heavy atom. The minimum absolute atomic E-state index is 0.113. The fourth-order valence-corrected chi connectivity index (χ4v) is 0.985. The van der Waals surface area contributed by atoms with Crippen LogP contribution in [0.3, 0.4) is 0 Å². The molecule has 0 saturated carbocycles. The van der Waals surface area contributed by atoms with Crippen molar-refractivity contribution in [3.8, 4) is 0 Å². The Kier molecular flexibility index (Phi) is 2.58. The highest BCUT2D eigenvalue weighted by Crippen LogP contribution is 2.39. The lowest BCUT2D eigenvalue weighted by Gasteiger charge is -2.25. The van der Waals surface area contributed by atoms with Crippen molar-refractivity contribution >= 4 is 12.6 Å². The number of benzene rings is 1. The molecule has 0 aliphatic rings. The smallest absolute Gasteiger partial charge is 0.305 e. The predicted octanol–water partition coefficient (Wildman–Crippen LogP) is 2.56. The Labute approximate surface area is 79.2 Å². The van der Waals surface area contributed by atoms with E-state index in [0.717, 1.165) is 0 Å². The molecule has 1 aromatic rings. The van der Waals surface area contributed by atoms with Gasteiger partial charge in [-0.3, -0.25) is 0 Å². The predicted molar refractivity (Wildman–Crippen MR) is 46.0 cm³/mol. The molecule has 71 valence electrons. The van der Waals surface area contributed by atoms with Crippen LogP contribution in [0.2, 0.25) is 0 Å². The third kappa shape index (κ3) is 1.97. The van der Waals surface area contributed by atoms with E-state index >= 15 is 0 Å². The number of halogens is 3. The van der Waals surface area contributed by atoms with Crippen molar-refractivity contribution < 1.29 is 13.2 Å². The molecule has 1 radical (unpaired) electrons. The number of hydrogen-bond donors (Lipinski definition) is 1. The Hall–Kier alpha value is -0.680. The summed E-state index contributed by atoms with van der Waals surface area (Å²) in [6, 6.07) is 7.07. The Morgan fingerprint density at radius 1 is 1.08 bits per heavy atom. The van der Waals surface area contributed by atoms with Gasteiger partial charge in [0.15, 0.2) is 4.87 Å². The summed E-state index contributed by atoms with van der Waals surface area (Å²) in [5, 5.41) is 0. The molecule has 0 aromatic heterocycles. The zero-order chi connectivity index (χ0) is 10.1. The first-order valence-corrected chi connectivity index (χ1v) is 3.88. The summed E-state index contributed by atoms with van der Waals surface area (Å²) in [6.07, 6.45) is -4.61.